The number of methoxy groups -OCH3 is 1. The van der Waals surface area contributed by atoms with Crippen molar-refractivity contribution < 1.29 is 36.9 Å². The summed E-state index contributed by atoms with van der Waals surface area (Å²) in [6.07, 6.45) is 6.36. The summed E-state index contributed by atoms with van der Waals surface area (Å²) in [5, 5.41) is 0.680. The molecule has 0 saturated heterocycles. The molecule has 46 heavy (non-hydrogen) atoms. The fourth-order valence-corrected chi connectivity index (χ4v) is 4.53. The zero-order valence-electron chi connectivity index (χ0n) is 28.5. The van der Waals surface area contributed by atoms with Gasteiger partial charge in [-0.3, -0.25) is 0 Å². The highest BCUT2D eigenvalue weighted by molar-refractivity contribution is 5.87. The van der Waals surface area contributed by atoms with Crippen molar-refractivity contribution in [3.05, 3.63) is 95.7 Å². The molecule has 0 aliphatic carbocycles. The number of esters is 1. The van der Waals surface area contributed by atoms with E-state index in [9.17, 15) is 18.0 Å². The van der Waals surface area contributed by atoms with Gasteiger partial charge in [-0.1, -0.05) is 69.4 Å². The molecule has 0 bridgehead atoms. The average molecular weight is 646 g/mol. The number of hydrogen-bond acceptors (Lipinski definition) is 5. The summed E-state index contributed by atoms with van der Waals surface area (Å²) < 4.78 is 59.6. The van der Waals surface area contributed by atoms with Gasteiger partial charge >= 0.3 is 12.3 Å². The number of allylic oxidation sites excluding steroid dienone is 3. The summed E-state index contributed by atoms with van der Waals surface area (Å²) >= 11 is 0. The SMILES string of the molecule is C=CCOC(=O)C(C)Oc1cccc(Cc2c(C)n(C)c3ccc(OC(F)(F)F)cc23)c1.CC.CC/C=C(/C)CC/C=C\COC. The van der Waals surface area contributed by atoms with Gasteiger partial charge in [0.1, 0.15) is 18.1 Å². The summed E-state index contributed by atoms with van der Waals surface area (Å²) in [6.45, 7) is 16.2. The normalized spacial score (nSPS) is 12.1. The number of carbonyl (C=O) groups excluding carboxylic acids is 1. The van der Waals surface area contributed by atoms with Crippen LogP contribution in [0.15, 0.2) is 78.9 Å². The minimum absolute atomic E-state index is 0.104. The second-order valence-electron chi connectivity index (χ2n) is 10.3. The Kier molecular flexibility index (Phi) is 18.2. The number of nitrogens with zero attached hydrogens (tertiary/aromatic N) is 1. The van der Waals surface area contributed by atoms with Crippen molar-refractivity contribution in [3.8, 4) is 11.5 Å². The van der Waals surface area contributed by atoms with Crippen molar-refractivity contribution in [2.75, 3.05) is 20.3 Å². The Hall–Kier alpha value is -3.98. The Labute approximate surface area is 272 Å². The maximum atomic E-state index is 12.7. The van der Waals surface area contributed by atoms with E-state index >= 15 is 0 Å². The van der Waals surface area contributed by atoms with Crippen LogP contribution in [0.25, 0.3) is 10.9 Å². The quantitative estimate of drug-likeness (QED) is 0.129. The lowest BCUT2D eigenvalue weighted by molar-refractivity contribution is -0.274. The number of hydrogen-bond donors (Lipinski definition) is 0. The van der Waals surface area contributed by atoms with Crippen LogP contribution in [0.1, 0.15) is 70.7 Å². The third-order valence-corrected chi connectivity index (χ3v) is 6.78. The zero-order valence-corrected chi connectivity index (χ0v) is 28.5. The molecule has 0 fully saturated rings. The number of halogens is 3. The molecule has 0 amide bonds. The number of aromatic nitrogens is 1. The molecule has 0 saturated carbocycles. The lowest BCUT2D eigenvalue weighted by atomic mass is 10.0. The molecule has 3 rings (SSSR count). The Morgan fingerprint density at radius 3 is 2.41 bits per heavy atom. The number of fused-ring (bicyclic) bond motifs is 1. The Bertz CT molecular complexity index is 1420. The third kappa shape index (κ3) is 14.0. The van der Waals surface area contributed by atoms with Crippen LogP contribution < -0.4 is 9.47 Å². The van der Waals surface area contributed by atoms with Crippen LogP contribution in [0.2, 0.25) is 0 Å². The highest BCUT2D eigenvalue weighted by Crippen LogP contribution is 2.33. The molecule has 3 aromatic rings. The molecule has 2 aromatic carbocycles. The van der Waals surface area contributed by atoms with Gasteiger partial charge in [-0.15, -0.1) is 13.2 Å². The van der Waals surface area contributed by atoms with Crippen LogP contribution in [-0.2, 0) is 27.7 Å². The van der Waals surface area contributed by atoms with E-state index in [0.717, 1.165) is 41.8 Å². The van der Waals surface area contributed by atoms with Crippen LogP contribution in [-0.4, -0.2) is 43.3 Å². The smallest absolute Gasteiger partial charge is 0.479 e. The van der Waals surface area contributed by atoms with E-state index in [0.29, 0.717) is 17.6 Å². The van der Waals surface area contributed by atoms with E-state index in [1.165, 1.54) is 30.2 Å². The Morgan fingerprint density at radius 1 is 1.07 bits per heavy atom. The minimum Gasteiger partial charge on any atom is -0.479 e. The summed E-state index contributed by atoms with van der Waals surface area (Å²) in [4.78, 5) is 11.9. The van der Waals surface area contributed by atoms with Gasteiger partial charge in [0.15, 0.2) is 6.10 Å². The maximum Gasteiger partial charge on any atom is 0.573 e. The molecule has 1 unspecified atom stereocenters. The van der Waals surface area contributed by atoms with Crippen molar-refractivity contribution in [1.29, 1.82) is 0 Å². The van der Waals surface area contributed by atoms with Gasteiger partial charge in [-0.25, -0.2) is 4.79 Å². The summed E-state index contributed by atoms with van der Waals surface area (Å²) in [5.74, 6) is -0.275. The second-order valence-corrected chi connectivity index (χ2v) is 10.3. The van der Waals surface area contributed by atoms with E-state index in [1.54, 1.807) is 38.3 Å². The van der Waals surface area contributed by atoms with Gasteiger partial charge in [0.25, 0.3) is 0 Å². The van der Waals surface area contributed by atoms with Crippen LogP contribution in [0.3, 0.4) is 0 Å². The Morgan fingerprint density at radius 2 is 1.78 bits per heavy atom. The van der Waals surface area contributed by atoms with Crippen molar-refractivity contribution in [1.82, 2.24) is 4.57 Å². The summed E-state index contributed by atoms with van der Waals surface area (Å²) in [7, 11) is 3.58. The molecule has 6 nitrogen and oxygen atoms in total. The third-order valence-electron chi connectivity index (χ3n) is 6.78. The predicted octanol–water partition coefficient (Wildman–Crippen LogP) is 9.82. The number of carbonyl (C=O) groups is 1. The van der Waals surface area contributed by atoms with Gasteiger partial charge in [0.2, 0.25) is 0 Å². The van der Waals surface area contributed by atoms with Gasteiger partial charge in [-0.2, -0.15) is 0 Å². The summed E-state index contributed by atoms with van der Waals surface area (Å²) in [5.41, 5.74) is 4.98. The number of alkyl halides is 3. The first-order valence-corrected chi connectivity index (χ1v) is 15.6. The first kappa shape index (κ1) is 40.0. The molecular formula is C37H50F3NO5. The van der Waals surface area contributed by atoms with E-state index in [1.807, 2.05) is 38.5 Å². The van der Waals surface area contributed by atoms with Crippen molar-refractivity contribution >= 4 is 16.9 Å². The van der Waals surface area contributed by atoms with Crippen molar-refractivity contribution in [2.24, 2.45) is 7.05 Å². The summed E-state index contributed by atoms with van der Waals surface area (Å²) in [6, 6.07) is 11.5. The molecule has 1 heterocycles. The van der Waals surface area contributed by atoms with Gasteiger partial charge < -0.3 is 23.5 Å². The van der Waals surface area contributed by atoms with Gasteiger partial charge in [-0.05, 0) is 87.9 Å². The molecule has 1 aromatic heterocycles. The topological polar surface area (TPSA) is 58.9 Å². The molecule has 0 radical (unpaired) electrons. The van der Waals surface area contributed by atoms with Gasteiger partial charge in [0, 0.05) is 30.8 Å². The predicted molar refractivity (Wildman–Crippen MR) is 180 cm³/mol. The fraction of sp³-hybridized carbons (Fsp3) is 0.432. The average Bonchev–Trinajstić information content (AvgIpc) is 3.24. The van der Waals surface area contributed by atoms with Crippen molar-refractivity contribution in [2.45, 2.75) is 79.7 Å². The first-order chi connectivity index (χ1) is 21.9. The minimum atomic E-state index is -4.76. The lowest BCUT2D eigenvalue weighted by Crippen LogP contribution is -2.26. The highest BCUT2D eigenvalue weighted by Gasteiger charge is 2.31. The highest BCUT2D eigenvalue weighted by atomic mass is 19.4. The largest absolute Gasteiger partial charge is 0.573 e. The van der Waals surface area contributed by atoms with E-state index in [-0.39, 0.29) is 12.4 Å². The molecular weight excluding hydrogens is 595 g/mol. The molecule has 0 N–H and O–H groups in total. The van der Waals surface area contributed by atoms with E-state index in [4.69, 9.17) is 14.2 Å². The van der Waals surface area contributed by atoms with Crippen LogP contribution >= 0.6 is 0 Å². The van der Waals surface area contributed by atoms with E-state index in [2.05, 4.69) is 43.4 Å². The van der Waals surface area contributed by atoms with Crippen LogP contribution in [0.5, 0.6) is 11.5 Å². The second kappa shape index (κ2) is 20.9. The molecule has 9 heteroatoms. The van der Waals surface area contributed by atoms with Crippen molar-refractivity contribution in [3.63, 3.8) is 0 Å². The standard InChI is InChI=1S/C24H24F3NO4.C11H20O.C2H6/c1-5-11-30-23(29)16(3)31-18-8-6-7-17(12-18)13-20-15(2)28(4)22-10-9-19(14-21(20)22)32-24(25,26)27;1-4-8-11(2)9-6-5-7-10-12-3;1-2/h5-10,12,14,16H,1,11,13H2,2-4H3;5,7-8H,4,6,9-10H2,1-3H3;1-2H3/b;7-5-,11-8-;. The fourth-order valence-electron chi connectivity index (χ4n) is 4.53. The van der Waals surface area contributed by atoms with Crippen LogP contribution in [0, 0.1) is 6.92 Å². The number of aryl methyl sites for hydroxylation is 1. The molecule has 0 aliphatic rings. The Balaban J connectivity index is 0.000000638. The molecule has 254 valence electrons. The zero-order chi connectivity index (χ0) is 34.7. The monoisotopic (exact) mass is 645 g/mol. The number of rotatable bonds is 14. The molecule has 0 spiro atoms. The van der Waals surface area contributed by atoms with E-state index < -0.39 is 18.4 Å². The van der Waals surface area contributed by atoms with Gasteiger partial charge in [0.05, 0.1) is 6.61 Å². The molecule has 1 atom stereocenters. The number of benzene rings is 2. The lowest BCUT2D eigenvalue weighted by Gasteiger charge is -2.14. The maximum absolute atomic E-state index is 12.7. The first-order valence-electron chi connectivity index (χ1n) is 15.6. The number of ether oxygens (including phenoxy) is 4. The van der Waals surface area contributed by atoms with Crippen LogP contribution in [0.4, 0.5) is 13.2 Å². The molecule has 0 aliphatic heterocycles.